The predicted octanol–water partition coefficient (Wildman–Crippen LogP) is 5.33. The van der Waals surface area contributed by atoms with E-state index in [-0.39, 0.29) is 12.2 Å². The molecule has 0 radical (unpaired) electrons. The normalized spacial score (nSPS) is 20.3. The standard InChI is InChI=1S/C20H17ClN2OS/c21-14-9-7-13(8-10-14)20-22-16(15-4-1-2-5-18(15)24)12-17(23-20)19-6-3-11-25-19/h1-11,16,20,22,24H,12H2/t16-,20-/m1/s1. The maximum atomic E-state index is 10.3. The van der Waals surface area contributed by atoms with Crippen LogP contribution in [0.5, 0.6) is 5.75 Å². The second-order valence-corrected chi connectivity index (χ2v) is 7.37. The van der Waals surface area contributed by atoms with Gasteiger partial charge in [0.1, 0.15) is 11.9 Å². The van der Waals surface area contributed by atoms with Crippen LogP contribution in [0.3, 0.4) is 0 Å². The monoisotopic (exact) mass is 368 g/mol. The van der Waals surface area contributed by atoms with Crippen molar-refractivity contribution in [2.75, 3.05) is 0 Å². The number of aliphatic imine (C=N–C) groups is 1. The minimum Gasteiger partial charge on any atom is -0.508 e. The van der Waals surface area contributed by atoms with E-state index < -0.39 is 0 Å². The van der Waals surface area contributed by atoms with E-state index in [0.717, 1.165) is 23.3 Å². The lowest BCUT2D eigenvalue weighted by molar-refractivity contribution is 0.413. The van der Waals surface area contributed by atoms with Crippen LogP contribution in [0.1, 0.15) is 34.6 Å². The molecule has 2 atom stereocenters. The molecule has 1 aliphatic heterocycles. The summed E-state index contributed by atoms with van der Waals surface area (Å²) in [5.41, 5.74) is 3.01. The first-order chi connectivity index (χ1) is 12.2. The van der Waals surface area contributed by atoms with Crippen LogP contribution in [-0.2, 0) is 0 Å². The minimum absolute atomic E-state index is 0.00326. The van der Waals surface area contributed by atoms with Crippen molar-refractivity contribution in [2.24, 2.45) is 4.99 Å². The highest BCUT2D eigenvalue weighted by Gasteiger charge is 2.27. The zero-order valence-corrected chi connectivity index (χ0v) is 15.0. The van der Waals surface area contributed by atoms with Gasteiger partial charge in [-0.1, -0.05) is 48.0 Å². The molecule has 0 unspecified atom stereocenters. The van der Waals surface area contributed by atoms with Crippen LogP contribution >= 0.6 is 22.9 Å². The fraction of sp³-hybridized carbons (Fsp3) is 0.150. The second-order valence-electron chi connectivity index (χ2n) is 5.99. The number of para-hydroxylation sites is 1. The summed E-state index contributed by atoms with van der Waals surface area (Å²) in [6.45, 7) is 0. The van der Waals surface area contributed by atoms with Crippen molar-refractivity contribution in [3.63, 3.8) is 0 Å². The van der Waals surface area contributed by atoms with E-state index in [1.807, 2.05) is 48.5 Å². The van der Waals surface area contributed by atoms with Crippen LogP contribution < -0.4 is 5.32 Å². The van der Waals surface area contributed by atoms with Gasteiger partial charge in [-0.3, -0.25) is 10.3 Å². The lowest BCUT2D eigenvalue weighted by Crippen LogP contribution is -2.32. The molecule has 25 heavy (non-hydrogen) atoms. The number of rotatable bonds is 3. The van der Waals surface area contributed by atoms with E-state index in [1.165, 1.54) is 4.88 Å². The Bertz CT molecular complexity index is 890. The van der Waals surface area contributed by atoms with Crippen LogP contribution in [0.2, 0.25) is 5.02 Å². The van der Waals surface area contributed by atoms with Crippen LogP contribution in [-0.4, -0.2) is 10.8 Å². The third-order valence-electron chi connectivity index (χ3n) is 4.34. The number of aromatic hydroxyl groups is 1. The van der Waals surface area contributed by atoms with E-state index in [9.17, 15) is 5.11 Å². The summed E-state index contributed by atoms with van der Waals surface area (Å²) in [7, 11) is 0. The molecule has 0 saturated heterocycles. The Morgan fingerprint density at radius 1 is 1.04 bits per heavy atom. The fourth-order valence-corrected chi connectivity index (χ4v) is 3.95. The molecule has 0 fully saturated rings. The van der Waals surface area contributed by atoms with Gasteiger partial charge in [-0.2, -0.15) is 0 Å². The Labute approximate surface area is 155 Å². The van der Waals surface area contributed by atoms with E-state index in [0.29, 0.717) is 10.8 Å². The molecule has 2 aromatic carbocycles. The van der Waals surface area contributed by atoms with Gasteiger partial charge >= 0.3 is 0 Å². The molecule has 4 rings (SSSR count). The van der Waals surface area contributed by atoms with Gasteiger partial charge in [-0.05, 0) is 35.2 Å². The third-order valence-corrected chi connectivity index (χ3v) is 5.52. The molecule has 0 bridgehead atoms. The summed E-state index contributed by atoms with van der Waals surface area (Å²) in [5, 5.41) is 16.6. The van der Waals surface area contributed by atoms with Crippen LogP contribution in [0.15, 0.2) is 71.0 Å². The lowest BCUT2D eigenvalue weighted by atomic mass is 9.96. The Morgan fingerprint density at radius 3 is 2.56 bits per heavy atom. The van der Waals surface area contributed by atoms with E-state index in [2.05, 4.69) is 16.8 Å². The van der Waals surface area contributed by atoms with Gasteiger partial charge in [0, 0.05) is 27.9 Å². The van der Waals surface area contributed by atoms with Crippen molar-refractivity contribution >= 4 is 28.6 Å². The summed E-state index contributed by atoms with van der Waals surface area (Å²) in [6.07, 6.45) is 0.565. The van der Waals surface area contributed by atoms with E-state index in [1.54, 1.807) is 17.4 Å². The first-order valence-corrected chi connectivity index (χ1v) is 9.36. The summed E-state index contributed by atoms with van der Waals surface area (Å²) in [5.74, 6) is 0.308. The number of benzene rings is 2. The van der Waals surface area contributed by atoms with Gasteiger partial charge in [-0.15, -0.1) is 11.3 Å². The molecule has 5 heteroatoms. The van der Waals surface area contributed by atoms with Gasteiger partial charge in [0.05, 0.1) is 5.71 Å². The number of thiophene rings is 1. The quantitative estimate of drug-likeness (QED) is 0.656. The van der Waals surface area contributed by atoms with Crippen molar-refractivity contribution in [3.05, 3.63) is 87.1 Å². The van der Waals surface area contributed by atoms with Crippen molar-refractivity contribution < 1.29 is 5.11 Å². The maximum Gasteiger partial charge on any atom is 0.126 e. The first kappa shape index (κ1) is 16.3. The molecule has 1 aromatic heterocycles. The van der Waals surface area contributed by atoms with Crippen molar-refractivity contribution in [1.82, 2.24) is 5.32 Å². The smallest absolute Gasteiger partial charge is 0.126 e. The molecule has 0 aliphatic carbocycles. The minimum atomic E-state index is -0.173. The largest absolute Gasteiger partial charge is 0.508 e. The summed E-state index contributed by atoms with van der Waals surface area (Å²) >= 11 is 7.71. The Morgan fingerprint density at radius 2 is 1.84 bits per heavy atom. The number of hydrogen-bond acceptors (Lipinski definition) is 4. The molecule has 3 nitrogen and oxygen atoms in total. The molecular formula is C20H17ClN2OS. The predicted molar refractivity (Wildman–Crippen MR) is 104 cm³/mol. The number of hydrogen-bond donors (Lipinski definition) is 2. The molecule has 0 saturated carbocycles. The zero-order valence-electron chi connectivity index (χ0n) is 13.4. The summed E-state index contributed by atoms with van der Waals surface area (Å²) < 4.78 is 0. The topological polar surface area (TPSA) is 44.6 Å². The summed E-state index contributed by atoms with van der Waals surface area (Å²) in [6, 6.07) is 19.3. The van der Waals surface area contributed by atoms with Gasteiger partial charge in [0.15, 0.2) is 0 Å². The van der Waals surface area contributed by atoms with Gasteiger partial charge < -0.3 is 5.11 Å². The van der Waals surface area contributed by atoms with E-state index in [4.69, 9.17) is 16.6 Å². The number of phenols is 1. The van der Waals surface area contributed by atoms with Crippen LogP contribution in [0, 0.1) is 0 Å². The highest BCUT2D eigenvalue weighted by Crippen LogP contribution is 2.35. The highest BCUT2D eigenvalue weighted by molar-refractivity contribution is 7.12. The molecule has 1 aliphatic rings. The summed E-state index contributed by atoms with van der Waals surface area (Å²) in [4.78, 5) is 6.09. The molecule has 2 N–H and O–H groups in total. The molecule has 0 amide bonds. The Hall–Kier alpha value is -2.14. The molecule has 126 valence electrons. The molecular weight excluding hydrogens is 352 g/mol. The maximum absolute atomic E-state index is 10.3. The van der Waals surface area contributed by atoms with Crippen molar-refractivity contribution in [2.45, 2.75) is 18.6 Å². The average Bonchev–Trinajstić information content (AvgIpc) is 3.17. The number of halogens is 1. The fourth-order valence-electron chi connectivity index (χ4n) is 3.09. The number of nitrogens with zero attached hydrogens (tertiary/aromatic N) is 1. The van der Waals surface area contributed by atoms with E-state index >= 15 is 0 Å². The molecule has 3 aromatic rings. The van der Waals surface area contributed by atoms with Crippen LogP contribution in [0.4, 0.5) is 0 Å². The zero-order chi connectivity index (χ0) is 17.2. The average molecular weight is 369 g/mol. The highest BCUT2D eigenvalue weighted by atomic mass is 35.5. The SMILES string of the molecule is Oc1ccccc1[C@H]1CC(c2cccs2)=N[C@H](c2ccc(Cl)cc2)N1. The van der Waals surface area contributed by atoms with Gasteiger partial charge in [-0.25, -0.2) is 0 Å². The Kier molecular flexibility index (Phi) is 4.57. The Balaban J connectivity index is 1.74. The first-order valence-electron chi connectivity index (χ1n) is 8.10. The van der Waals surface area contributed by atoms with Gasteiger partial charge in [0.25, 0.3) is 0 Å². The number of nitrogens with one attached hydrogen (secondary N) is 1. The second kappa shape index (κ2) is 7.00. The van der Waals surface area contributed by atoms with Crippen molar-refractivity contribution in [3.8, 4) is 5.75 Å². The lowest BCUT2D eigenvalue weighted by Gasteiger charge is -2.30. The molecule has 0 spiro atoms. The van der Waals surface area contributed by atoms with Crippen LogP contribution in [0.25, 0.3) is 0 Å². The third kappa shape index (κ3) is 3.47. The van der Waals surface area contributed by atoms with Gasteiger partial charge in [0.2, 0.25) is 0 Å². The molecule has 2 heterocycles. The van der Waals surface area contributed by atoms with Crippen molar-refractivity contribution in [1.29, 1.82) is 0 Å². The number of phenolic OH excluding ortho intramolecular Hbond substituents is 1.